The zero-order valence-electron chi connectivity index (χ0n) is 7.53. The molecule has 0 aromatic heterocycles. The molecule has 0 amide bonds. The van der Waals surface area contributed by atoms with Crippen LogP contribution in [0, 0.1) is 0 Å². The van der Waals surface area contributed by atoms with E-state index < -0.39 is 0 Å². The molecule has 1 N–H and O–H groups in total. The second kappa shape index (κ2) is 4.03. The van der Waals surface area contributed by atoms with Crippen molar-refractivity contribution < 1.29 is 0 Å². The molecule has 1 fully saturated rings. The van der Waals surface area contributed by atoms with E-state index in [0.717, 1.165) is 31.1 Å². The van der Waals surface area contributed by atoms with Gasteiger partial charge in [-0.15, -0.1) is 12.6 Å². The molecule has 1 heterocycles. The number of rotatable bonds is 1. The lowest BCUT2D eigenvalue weighted by molar-refractivity contribution is 0.587. The van der Waals surface area contributed by atoms with Crippen molar-refractivity contribution in [2.45, 2.75) is 4.90 Å². The van der Waals surface area contributed by atoms with Crippen LogP contribution in [0.4, 0.5) is 5.69 Å². The first-order valence-electron chi connectivity index (χ1n) is 4.61. The van der Waals surface area contributed by atoms with Gasteiger partial charge in [0.1, 0.15) is 0 Å². The number of nitrogens with zero attached hydrogens (tertiary/aromatic N) is 1. The topological polar surface area (TPSA) is 15.3 Å². The minimum Gasteiger partial charge on any atom is -0.368 e. The Labute approximate surface area is 84.4 Å². The molecule has 0 bridgehead atoms. The number of thiol groups is 1. The SMILES string of the molecule is Sc1ccccc1N1CCNCC1. The summed E-state index contributed by atoms with van der Waals surface area (Å²) in [6.45, 7) is 4.30. The van der Waals surface area contributed by atoms with Gasteiger partial charge in [-0.25, -0.2) is 0 Å². The van der Waals surface area contributed by atoms with Crippen molar-refractivity contribution in [1.29, 1.82) is 0 Å². The van der Waals surface area contributed by atoms with Crippen molar-refractivity contribution in [3.8, 4) is 0 Å². The summed E-state index contributed by atoms with van der Waals surface area (Å²) in [5.41, 5.74) is 1.26. The van der Waals surface area contributed by atoms with E-state index >= 15 is 0 Å². The maximum atomic E-state index is 4.45. The zero-order chi connectivity index (χ0) is 9.10. The van der Waals surface area contributed by atoms with Gasteiger partial charge in [0.05, 0.1) is 5.69 Å². The summed E-state index contributed by atoms with van der Waals surface area (Å²) >= 11 is 4.45. The molecule has 2 rings (SSSR count). The Balaban J connectivity index is 2.18. The van der Waals surface area contributed by atoms with Gasteiger partial charge in [-0.3, -0.25) is 0 Å². The van der Waals surface area contributed by atoms with Crippen molar-refractivity contribution in [2.24, 2.45) is 0 Å². The van der Waals surface area contributed by atoms with Gasteiger partial charge < -0.3 is 10.2 Å². The molecule has 1 aromatic rings. The monoisotopic (exact) mass is 194 g/mol. The Morgan fingerprint density at radius 3 is 2.54 bits per heavy atom. The summed E-state index contributed by atoms with van der Waals surface area (Å²) in [7, 11) is 0. The number of piperazine rings is 1. The van der Waals surface area contributed by atoms with Crippen LogP contribution in [0.15, 0.2) is 29.2 Å². The molecule has 0 spiro atoms. The fourth-order valence-corrected chi connectivity index (χ4v) is 1.94. The van der Waals surface area contributed by atoms with Gasteiger partial charge in [0.25, 0.3) is 0 Å². The van der Waals surface area contributed by atoms with E-state index in [9.17, 15) is 0 Å². The average Bonchev–Trinajstić information content (AvgIpc) is 2.20. The minimum absolute atomic E-state index is 1.07. The second-order valence-corrected chi connectivity index (χ2v) is 3.71. The summed E-state index contributed by atoms with van der Waals surface area (Å²) in [5, 5.41) is 3.34. The molecular weight excluding hydrogens is 180 g/mol. The van der Waals surface area contributed by atoms with Crippen LogP contribution in [-0.4, -0.2) is 26.2 Å². The molecule has 13 heavy (non-hydrogen) atoms. The van der Waals surface area contributed by atoms with Gasteiger partial charge >= 0.3 is 0 Å². The molecule has 0 unspecified atom stereocenters. The van der Waals surface area contributed by atoms with E-state index in [1.165, 1.54) is 5.69 Å². The molecule has 3 heteroatoms. The van der Waals surface area contributed by atoms with Gasteiger partial charge in [-0.05, 0) is 12.1 Å². The molecule has 70 valence electrons. The summed E-state index contributed by atoms with van der Waals surface area (Å²) in [6.07, 6.45) is 0. The lowest BCUT2D eigenvalue weighted by Gasteiger charge is -2.30. The van der Waals surface area contributed by atoms with E-state index in [0.29, 0.717) is 0 Å². The van der Waals surface area contributed by atoms with E-state index in [4.69, 9.17) is 0 Å². The molecular formula is C10H14N2S. The molecule has 1 saturated heterocycles. The van der Waals surface area contributed by atoms with Crippen molar-refractivity contribution in [1.82, 2.24) is 5.32 Å². The number of nitrogens with one attached hydrogen (secondary N) is 1. The molecule has 0 radical (unpaired) electrons. The minimum atomic E-state index is 1.07. The Morgan fingerprint density at radius 1 is 1.15 bits per heavy atom. The standard InChI is InChI=1S/C10H14N2S/c13-10-4-2-1-3-9(10)12-7-5-11-6-8-12/h1-4,11,13H,5-8H2. The first-order valence-corrected chi connectivity index (χ1v) is 5.06. The Hall–Kier alpha value is -0.670. The summed E-state index contributed by atoms with van der Waals surface area (Å²) in [6, 6.07) is 8.26. The van der Waals surface area contributed by atoms with Crippen LogP contribution >= 0.6 is 12.6 Å². The van der Waals surface area contributed by atoms with Crippen LogP contribution in [0.1, 0.15) is 0 Å². The highest BCUT2D eigenvalue weighted by Gasteiger charge is 2.11. The van der Waals surface area contributed by atoms with Crippen LogP contribution < -0.4 is 10.2 Å². The smallest absolute Gasteiger partial charge is 0.0502 e. The number of benzene rings is 1. The fraction of sp³-hybridized carbons (Fsp3) is 0.400. The molecule has 2 nitrogen and oxygen atoms in total. The lowest BCUT2D eigenvalue weighted by atomic mass is 10.2. The largest absolute Gasteiger partial charge is 0.368 e. The first kappa shape index (κ1) is 8.91. The van der Waals surface area contributed by atoms with Gasteiger partial charge in [-0.2, -0.15) is 0 Å². The molecule has 1 aliphatic heterocycles. The Morgan fingerprint density at radius 2 is 1.85 bits per heavy atom. The molecule has 1 aliphatic rings. The number of hydrogen-bond acceptors (Lipinski definition) is 3. The third-order valence-corrected chi connectivity index (χ3v) is 2.72. The van der Waals surface area contributed by atoms with Crippen molar-refractivity contribution in [3.05, 3.63) is 24.3 Å². The van der Waals surface area contributed by atoms with Gasteiger partial charge in [-0.1, -0.05) is 12.1 Å². The fourth-order valence-electron chi connectivity index (χ4n) is 1.64. The van der Waals surface area contributed by atoms with Crippen molar-refractivity contribution in [2.75, 3.05) is 31.1 Å². The van der Waals surface area contributed by atoms with E-state index in [1.54, 1.807) is 0 Å². The number of para-hydroxylation sites is 1. The first-order chi connectivity index (χ1) is 6.38. The quantitative estimate of drug-likeness (QED) is 0.657. The predicted octanol–water partition coefficient (Wildman–Crippen LogP) is 1.38. The van der Waals surface area contributed by atoms with Crippen molar-refractivity contribution >= 4 is 18.3 Å². The maximum Gasteiger partial charge on any atom is 0.0502 e. The van der Waals surface area contributed by atoms with E-state index in [2.05, 4.69) is 35.0 Å². The molecule has 0 aliphatic carbocycles. The Bertz CT molecular complexity index is 282. The van der Waals surface area contributed by atoms with Crippen LogP contribution in [0.5, 0.6) is 0 Å². The van der Waals surface area contributed by atoms with Crippen LogP contribution in [0.25, 0.3) is 0 Å². The summed E-state index contributed by atoms with van der Waals surface area (Å²) in [4.78, 5) is 3.45. The summed E-state index contributed by atoms with van der Waals surface area (Å²) < 4.78 is 0. The Kier molecular flexibility index (Phi) is 2.76. The third kappa shape index (κ3) is 1.98. The van der Waals surface area contributed by atoms with Gasteiger partial charge in [0.15, 0.2) is 0 Å². The van der Waals surface area contributed by atoms with Gasteiger partial charge in [0, 0.05) is 31.1 Å². The number of hydrogen-bond donors (Lipinski definition) is 2. The van der Waals surface area contributed by atoms with Crippen molar-refractivity contribution in [3.63, 3.8) is 0 Å². The van der Waals surface area contributed by atoms with Crippen LogP contribution in [0.2, 0.25) is 0 Å². The molecule has 0 saturated carbocycles. The average molecular weight is 194 g/mol. The van der Waals surface area contributed by atoms with E-state index in [1.807, 2.05) is 12.1 Å². The summed E-state index contributed by atoms with van der Waals surface area (Å²) in [5.74, 6) is 0. The van der Waals surface area contributed by atoms with Crippen LogP contribution in [0.3, 0.4) is 0 Å². The highest BCUT2D eigenvalue weighted by atomic mass is 32.1. The molecule has 0 atom stereocenters. The maximum absolute atomic E-state index is 4.45. The number of anilines is 1. The predicted molar refractivity (Wildman–Crippen MR) is 58.8 cm³/mol. The van der Waals surface area contributed by atoms with Crippen LogP contribution in [-0.2, 0) is 0 Å². The van der Waals surface area contributed by atoms with E-state index in [-0.39, 0.29) is 0 Å². The second-order valence-electron chi connectivity index (χ2n) is 3.23. The third-order valence-electron chi connectivity index (χ3n) is 2.34. The highest BCUT2D eigenvalue weighted by molar-refractivity contribution is 7.80. The molecule has 1 aromatic carbocycles. The normalized spacial score (nSPS) is 17.5. The highest BCUT2D eigenvalue weighted by Crippen LogP contribution is 2.23. The van der Waals surface area contributed by atoms with Gasteiger partial charge in [0.2, 0.25) is 0 Å². The lowest BCUT2D eigenvalue weighted by Crippen LogP contribution is -2.43. The zero-order valence-corrected chi connectivity index (χ0v) is 8.43.